The molecule has 1 aliphatic rings. The fourth-order valence-electron chi connectivity index (χ4n) is 1.59. The van der Waals surface area contributed by atoms with Crippen molar-refractivity contribution in [3.05, 3.63) is 28.2 Å². The van der Waals surface area contributed by atoms with Crippen LogP contribution in [-0.4, -0.2) is 12.9 Å². The van der Waals surface area contributed by atoms with Crippen LogP contribution in [0.5, 0.6) is 5.75 Å². The maximum Gasteiger partial charge on any atom is 0.166 e. The van der Waals surface area contributed by atoms with Gasteiger partial charge in [-0.05, 0) is 37.0 Å². The van der Waals surface area contributed by atoms with Gasteiger partial charge in [-0.15, -0.1) is 0 Å². The van der Waals surface area contributed by atoms with E-state index in [0.29, 0.717) is 23.7 Å². The van der Waals surface area contributed by atoms with Crippen molar-refractivity contribution in [2.45, 2.75) is 19.3 Å². The van der Waals surface area contributed by atoms with Crippen molar-refractivity contribution in [2.24, 2.45) is 5.92 Å². The van der Waals surface area contributed by atoms with Gasteiger partial charge in [-0.25, -0.2) is 0 Å². The molecule has 0 aliphatic heterocycles. The van der Waals surface area contributed by atoms with E-state index >= 15 is 0 Å². The average molecular weight is 269 g/mol. The zero-order chi connectivity index (χ0) is 10.8. The Morgan fingerprint density at radius 2 is 2.27 bits per heavy atom. The van der Waals surface area contributed by atoms with Crippen LogP contribution < -0.4 is 4.74 Å². The average Bonchev–Trinajstić information content (AvgIpc) is 3.01. The number of hydrogen-bond donors (Lipinski definition) is 0. The van der Waals surface area contributed by atoms with Gasteiger partial charge < -0.3 is 4.74 Å². The molecule has 0 spiro atoms. The summed E-state index contributed by atoms with van der Waals surface area (Å²) < 4.78 is 6.13. The highest BCUT2D eigenvalue weighted by Crippen LogP contribution is 2.35. The van der Waals surface area contributed by atoms with E-state index in [1.165, 1.54) is 12.8 Å². The molecule has 0 heterocycles. The summed E-state index contributed by atoms with van der Waals surface area (Å²) in [6.07, 6.45) is 3.06. The van der Waals surface area contributed by atoms with Crippen LogP contribution in [0.15, 0.2) is 22.7 Å². The summed E-state index contributed by atoms with van der Waals surface area (Å²) in [7, 11) is 1.59. The van der Waals surface area contributed by atoms with Crippen molar-refractivity contribution >= 4 is 21.7 Å². The Bertz CT molecular complexity index is 383. The molecule has 0 aromatic heterocycles. The third-order valence-corrected chi connectivity index (χ3v) is 3.13. The fourth-order valence-corrected chi connectivity index (χ4v) is 1.93. The van der Waals surface area contributed by atoms with E-state index in [0.717, 1.165) is 4.47 Å². The van der Waals surface area contributed by atoms with Gasteiger partial charge in [0.1, 0.15) is 5.75 Å². The molecule has 80 valence electrons. The molecule has 1 saturated carbocycles. The number of hydrogen-bond acceptors (Lipinski definition) is 2. The Morgan fingerprint density at radius 1 is 1.53 bits per heavy atom. The Kier molecular flexibility index (Phi) is 3.10. The van der Waals surface area contributed by atoms with E-state index < -0.39 is 0 Å². The Morgan fingerprint density at radius 3 is 2.87 bits per heavy atom. The molecular weight excluding hydrogens is 256 g/mol. The van der Waals surface area contributed by atoms with Gasteiger partial charge in [0.05, 0.1) is 12.7 Å². The van der Waals surface area contributed by atoms with Crippen molar-refractivity contribution in [1.82, 2.24) is 0 Å². The van der Waals surface area contributed by atoms with Gasteiger partial charge in [0.2, 0.25) is 0 Å². The van der Waals surface area contributed by atoms with Crippen LogP contribution in [0.1, 0.15) is 29.6 Å². The maximum atomic E-state index is 11.9. The first-order valence-corrected chi connectivity index (χ1v) is 5.86. The number of carbonyl (C=O) groups excluding carboxylic acids is 1. The number of carbonyl (C=O) groups is 1. The maximum absolute atomic E-state index is 11.9. The molecule has 3 heteroatoms. The van der Waals surface area contributed by atoms with E-state index in [-0.39, 0.29) is 5.78 Å². The molecule has 0 unspecified atom stereocenters. The van der Waals surface area contributed by atoms with Crippen molar-refractivity contribution < 1.29 is 9.53 Å². The lowest BCUT2D eigenvalue weighted by atomic mass is 10.1. The smallest absolute Gasteiger partial charge is 0.166 e. The number of methoxy groups -OCH3 is 1. The van der Waals surface area contributed by atoms with Gasteiger partial charge in [-0.3, -0.25) is 4.79 Å². The summed E-state index contributed by atoms with van der Waals surface area (Å²) in [5.74, 6) is 1.47. The van der Waals surface area contributed by atoms with Crippen LogP contribution in [0.2, 0.25) is 0 Å². The minimum absolute atomic E-state index is 0.196. The zero-order valence-corrected chi connectivity index (χ0v) is 10.2. The zero-order valence-electron chi connectivity index (χ0n) is 8.63. The molecule has 0 saturated heterocycles. The number of halogens is 1. The minimum atomic E-state index is 0.196. The summed E-state index contributed by atoms with van der Waals surface area (Å²) in [6, 6.07) is 5.54. The van der Waals surface area contributed by atoms with Crippen LogP contribution in [0.25, 0.3) is 0 Å². The van der Waals surface area contributed by atoms with E-state index in [4.69, 9.17) is 4.74 Å². The number of Topliss-reactive ketones (excluding diaryl/α,β-unsaturated/α-hetero) is 1. The SMILES string of the molecule is COc1cc(Br)ccc1C(=O)CC1CC1. The molecule has 0 N–H and O–H groups in total. The quantitative estimate of drug-likeness (QED) is 0.782. The number of ether oxygens (including phenoxy) is 1. The minimum Gasteiger partial charge on any atom is -0.496 e. The van der Waals surface area contributed by atoms with Gasteiger partial charge in [-0.1, -0.05) is 15.9 Å². The number of ketones is 1. The predicted octanol–water partition coefficient (Wildman–Crippen LogP) is 3.44. The molecule has 0 atom stereocenters. The lowest BCUT2D eigenvalue weighted by molar-refractivity contribution is 0.0973. The molecule has 15 heavy (non-hydrogen) atoms. The first kappa shape index (κ1) is 10.7. The Balaban J connectivity index is 2.21. The molecular formula is C12H13BrO2. The van der Waals surface area contributed by atoms with E-state index in [9.17, 15) is 4.79 Å². The van der Waals surface area contributed by atoms with Crippen LogP contribution >= 0.6 is 15.9 Å². The summed E-state index contributed by atoms with van der Waals surface area (Å²) >= 11 is 3.36. The first-order chi connectivity index (χ1) is 7.20. The number of benzene rings is 1. The second kappa shape index (κ2) is 4.35. The summed E-state index contributed by atoms with van der Waals surface area (Å²) in [5, 5.41) is 0. The lowest BCUT2D eigenvalue weighted by Gasteiger charge is -2.07. The summed E-state index contributed by atoms with van der Waals surface area (Å²) in [6.45, 7) is 0. The van der Waals surface area contributed by atoms with Crippen LogP contribution in [0.4, 0.5) is 0 Å². The largest absolute Gasteiger partial charge is 0.496 e. The third-order valence-electron chi connectivity index (χ3n) is 2.63. The summed E-state index contributed by atoms with van der Waals surface area (Å²) in [5.41, 5.74) is 0.701. The standard InChI is InChI=1S/C12H13BrO2/c1-15-12-7-9(13)4-5-10(12)11(14)6-8-2-3-8/h4-5,7-8H,2-3,6H2,1H3. The number of rotatable bonds is 4. The van der Waals surface area contributed by atoms with Crippen molar-refractivity contribution in [3.63, 3.8) is 0 Å². The third kappa shape index (κ3) is 2.59. The van der Waals surface area contributed by atoms with Crippen LogP contribution in [0.3, 0.4) is 0 Å². The van der Waals surface area contributed by atoms with Gasteiger partial charge in [0.15, 0.2) is 5.78 Å². The molecule has 1 aromatic rings. The monoisotopic (exact) mass is 268 g/mol. The van der Waals surface area contributed by atoms with Crippen molar-refractivity contribution in [1.29, 1.82) is 0 Å². The van der Waals surface area contributed by atoms with E-state index in [1.54, 1.807) is 7.11 Å². The molecule has 0 amide bonds. The molecule has 1 aromatic carbocycles. The summed E-state index contributed by atoms with van der Waals surface area (Å²) in [4.78, 5) is 11.9. The molecule has 2 rings (SSSR count). The van der Waals surface area contributed by atoms with Gasteiger partial charge in [0.25, 0.3) is 0 Å². The second-order valence-corrected chi connectivity index (χ2v) is 4.83. The molecule has 2 nitrogen and oxygen atoms in total. The second-order valence-electron chi connectivity index (χ2n) is 3.92. The van der Waals surface area contributed by atoms with Crippen molar-refractivity contribution in [3.8, 4) is 5.75 Å². The van der Waals surface area contributed by atoms with Crippen LogP contribution in [-0.2, 0) is 0 Å². The predicted molar refractivity (Wildman–Crippen MR) is 62.4 cm³/mol. The topological polar surface area (TPSA) is 26.3 Å². The Labute approximate surface area is 97.8 Å². The normalized spacial score (nSPS) is 15.1. The highest BCUT2D eigenvalue weighted by atomic mass is 79.9. The molecule has 0 radical (unpaired) electrons. The highest BCUT2D eigenvalue weighted by Gasteiger charge is 2.26. The van der Waals surface area contributed by atoms with E-state index in [1.807, 2.05) is 18.2 Å². The first-order valence-electron chi connectivity index (χ1n) is 5.07. The van der Waals surface area contributed by atoms with Gasteiger partial charge in [0, 0.05) is 10.9 Å². The van der Waals surface area contributed by atoms with Gasteiger partial charge in [-0.2, -0.15) is 0 Å². The highest BCUT2D eigenvalue weighted by molar-refractivity contribution is 9.10. The lowest BCUT2D eigenvalue weighted by Crippen LogP contribution is -2.02. The fraction of sp³-hybridized carbons (Fsp3) is 0.417. The van der Waals surface area contributed by atoms with E-state index in [2.05, 4.69) is 15.9 Å². The molecule has 1 aliphatic carbocycles. The molecule has 0 bridgehead atoms. The van der Waals surface area contributed by atoms with Gasteiger partial charge >= 0.3 is 0 Å². The van der Waals surface area contributed by atoms with Crippen LogP contribution in [0, 0.1) is 5.92 Å². The molecule has 1 fully saturated rings. The Hall–Kier alpha value is -0.830. The van der Waals surface area contributed by atoms with Crippen molar-refractivity contribution in [2.75, 3.05) is 7.11 Å².